The van der Waals surface area contributed by atoms with Crippen LogP contribution in [0.1, 0.15) is 24.1 Å². The van der Waals surface area contributed by atoms with E-state index in [0.29, 0.717) is 38.6 Å². The van der Waals surface area contributed by atoms with Gasteiger partial charge < -0.3 is 10.6 Å². The third-order valence-corrected chi connectivity index (χ3v) is 6.85. The van der Waals surface area contributed by atoms with E-state index < -0.39 is 6.04 Å². The fourth-order valence-electron chi connectivity index (χ4n) is 3.96. The number of hydrogen-bond acceptors (Lipinski definition) is 5. The summed E-state index contributed by atoms with van der Waals surface area (Å²) in [7, 11) is 0. The van der Waals surface area contributed by atoms with Crippen molar-refractivity contribution in [3.63, 3.8) is 0 Å². The molecule has 0 aliphatic carbocycles. The number of para-hydroxylation sites is 1. The van der Waals surface area contributed by atoms with Gasteiger partial charge in [-0.1, -0.05) is 78.0 Å². The molecule has 1 aliphatic rings. The average molecular weight is 506 g/mol. The Hall–Kier alpha value is -3.62. The van der Waals surface area contributed by atoms with Gasteiger partial charge in [-0.15, -0.1) is 5.10 Å². The number of aromatic nitrogens is 3. The van der Waals surface area contributed by atoms with Crippen LogP contribution in [-0.2, 0) is 10.5 Å². The van der Waals surface area contributed by atoms with Crippen molar-refractivity contribution in [1.29, 1.82) is 0 Å². The van der Waals surface area contributed by atoms with E-state index >= 15 is 0 Å². The first kappa shape index (κ1) is 23.1. The van der Waals surface area contributed by atoms with Gasteiger partial charge in [0.1, 0.15) is 11.9 Å². The zero-order chi connectivity index (χ0) is 24.4. The van der Waals surface area contributed by atoms with Crippen molar-refractivity contribution < 1.29 is 9.18 Å². The number of thioether (sulfide) groups is 1. The lowest BCUT2D eigenvalue weighted by Gasteiger charge is -2.28. The highest BCUT2D eigenvalue weighted by atomic mass is 35.5. The molecule has 1 aromatic heterocycles. The smallest absolute Gasteiger partial charge is 0.255 e. The third kappa shape index (κ3) is 4.80. The molecule has 176 valence electrons. The number of benzene rings is 3. The van der Waals surface area contributed by atoms with Crippen molar-refractivity contribution >= 4 is 40.9 Å². The van der Waals surface area contributed by atoms with Crippen molar-refractivity contribution in [2.75, 3.05) is 10.6 Å². The summed E-state index contributed by atoms with van der Waals surface area (Å²) in [4.78, 5) is 18.0. The summed E-state index contributed by atoms with van der Waals surface area (Å²) in [5.41, 5.74) is 3.21. The molecule has 3 aromatic carbocycles. The first-order chi connectivity index (χ1) is 17.0. The predicted octanol–water partition coefficient (Wildman–Crippen LogP) is 6.29. The first-order valence-corrected chi connectivity index (χ1v) is 12.3. The van der Waals surface area contributed by atoms with Crippen LogP contribution < -0.4 is 10.6 Å². The Labute approximate surface area is 211 Å². The molecule has 6 nitrogen and oxygen atoms in total. The summed E-state index contributed by atoms with van der Waals surface area (Å²) in [6.45, 7) is 1.85. The molecule has 0 saturated heterocycles. The zero-order valence-electron chi connectivity index (χ0n) is 18.7. The van der Waals surface area contributed by atoms with Gasteiger partial charge >= 0.3 is 0 Å². The highest BCUT2D eigenvalue weighted by Crippen LogP contribution is 2.37. The van der Waals surface area contributed by atoms with E-state index in [0.717, 1.165) is 5.56 Å². The summed E-state index contributed by atoms with van der Waals surface area (Å²) >= 11 is 7.46. The van der Waals surface area contributed by atoms with Crippen LogP contribution in [0.3, 0.4) is 0 Å². The number of nitrogens with zero attached hydrogens (tertiary/aromatic N) is 3. The number of rotatable bonds is 6. The number of anilines is 2. The lowest BCUT2D eigenvalue weighted by atomic mass is 9.95. The van der Waals surface area contributed by atoms with Gasteiger partial charge in [0.05, 0.1) is 5.57 Å². The topological polar surface area (TPSA) is 71.8 Å². The maximum Gasteiger partial charge on any atom is 0.255 e. The van der Waals surface area contributed by atoms with E-state index in [2.05, 4.69) is 20.7 Å². The minimum atomic E-state index is -0.491. The van der Waals surface area contributed by atoms with Gasteiger partial charge in [0.25, 0.3) is 5.91 Å². The zero-order valence-corrected chi connectivity index (χ0v) is 20.3. The maximum absolute atomic E-state index is 14.2. The number of halogens is 2. The van der Waals surface area contributed by atoms with Crippen molar-refractivity contribution in [1.82, 2.24) is 14.8 Å². The van der Waals surface area contributed by atoms with Gasteiger partial charge in [-0.2, -0.15) is 4.98 Å². The molecule has 0 unspecified atom stereocenters. The summed E-state index contributed by atoms with van der Waals surface area (Å²) in [6.07, 6.45) is 0. The molecule has 0 saturated carbocycles. The van der Waals surface area contributed by atoms with Gasteiger partial charge in [0.15, 0.2) is 0 Å². The lowest BCUT2D eigenvalue weighted by molar-refractivity contribution is -0.113. The van der Waals surface area contributed by atoms with Crippen molar-refractivity contribution in [3.05, 3.63) is 112 Å². The van der Waals surface area contributed by atoms with Crippen LogP contribution in [0, 0.1) is 5.82 Å². The van der Waals surface area contributed by atoms with E-state index in [-0.39, 0.29) is 17.5 Å². The molecule has 0 radical (unpaired) electrons. The van der Waals surface area contributed by atoms with Crippen LogP contribution in [-0.4, -0.2) is 20.7 Å². The first-order valence-electron chi connectivity index (χ1n) is 10.9. The summed E-state index contributed by atoms with van der Waals surface area (Å²) in [5, 5.41) is 11.7. The second-order valence-electron chi connectivity index (χ2n) is 7.95. The van der Waals surface area contributed by atoms with E-state index in [1.165, 1.54) is 17.8 Å². The monoisotopic (exact) mass is 505 g/mol. The SMILES string of the molecule is CC1=C(C(=O)Nc2ccccc2)[C@@H](c2ccccc2)n2nc(SCc3c(F)cccc3Cl)nc2N1. The molecular formula is C26H21ClFN5OS. The predicted molar refractivity (Wildman–Crippen MR) is 137 cm³/mol. The standard InChI is InChI=1S/C26H21ClFN5OS/c1-16-22(24(34)30-18-11-6-3-7-12-18)23(17-9-4-2-5-10-17)33-25(29-16)31-26(32-33)35-15-19-20(27)13-8-14-21(19)28/h2-14,23H,15H2,1H3,(H,30,34)(H,29,31,32)/t23-/m1/s1. The Kier molecular flexibility index (Phi) is 6.57. The Morgan fingerprint density at radius 2 is 1.80 bits per heavy atom. The molecule has 4 aromatic rings. The number of carbonyl (C=O) groups is 1. The molecule has 35 heavy (non-hydrogen) atoms. The van der Waals surface area contributed by atoms with E-state index in [1.54, 1.807) is 16.8 Å². The summed E-state index contributed by atoms with van der Waals surface area (Å²) in [6, 6.07) is 23.1. The quantitative estimate of drug-likeness (QED) is 0.301. The number of fused-ring (bicyclic) bond motifs is 1. The van der Waals surface area contributed by atoms with Crippen LogP contribution in [0.2, 0.25) is 5.02 Å². The van der Waals surface area contributed by atoms with Gasteiger partial charge in [-0.05, 0) is 36.8 Å². The molecule has 0 fully saturated rings. The highest BCUT2D eigenvalue weighted by Gasteiger charge is 2.34. The molecule has 0 spiro atoms. The number of allylic oxidation sites excluding steroid dienone is 1. The normalized spacial score (nSPS) is 14.9. The molecule has 2 heterocycles. The van der Waals surface area contributed by atoms with Crippen LogP contribution in [0.4, 0.5) is 16.0 Å². The Bertz CT molecular complexity index is 1390. The van der Waals surface area contributed by atoms with Crippen LogP contribution in [0.5, 0.6) is 0 Å². The second kappa shape index (κ2) is 9.93. The number of amides is 1. The molecule has 1 atom stereocenters. The molecule has 1 amide bonds. The third-order valence-electron chi connectivity index (χ3n) is 5.63. The fraction of sp³-hybridized carbons (Fsp3) is 0.115. The Balaban J connectivity index is 1.48. The van der Waals surface area contributed by atoms with Crippen molar-refractivity contribution in [2.24, 2.45) is 0 Å². The summed E-state index contributed by atoms with van der Waals surface area (Å²) < 4.78 is 15.9. The van der Waals surface area contributed by atoms with Crippen LogP contribution in [0.15, 0.2) is 95.3 Å². The minimum Gasteiger partial charge on any atom is -0.328 e. The summed E-state index contributed by atoms with van der Waals surface area (Å²) in [5.74, 6) is 0.184. The molecule has 0 bridgehead atoms. The average Bonchev–Trinajstić information content (AvgIpc) is 3.26. The second-order valence-corrected chi connectivity index (χ2v) is 9.30. The minimum absolute atomic E-state index is 0.233. The molecule has 5 rings (SSSR count). The Morgan fingerprint density at radius 3 is 2.51 bits per heavy atom. The molecule has 1 aliphatic heterocycles. The van der Waals surface area contributed by atoms with Crippen molar-refractivity contribution in [3.8, 4) is 0 Å². The van der Waals surface area contributed by atoms with Gasteiger partial charge in [0.2, 0.25) is 11.1 Å². The number of carbonyl (C=O) groups excluding carboxylic acids is 1. The van der Waals surface area contributed by atoms with E-state index in [9.17, 15) is 9.18 Å². The fourth-order valence-corrected chi connectivity index (χ4v) is 5.13. The number of hydrogen-bond donors (Lipinski definition) is 2. The Morgan fingerprint density at radius 1 is 1.09 bits per heavy atom. The highest BCUT2D eigenvalue weighted by molar-refractivity contribution is 7.98. The lowest BCUT2D eigenvalue weighted by Crippen LogP contribution is -2.31. The van der Waals surface area contributed by atoms with Gasteiger partial charge in [-0.25, -0.2) is 9.07 Å². The molecule has 9 heteroatoms. The number of nitrogens with one attached hydrogen (secondary N) is 2. The van der Waals surface area contributed by atoms with Gasteiger partial charge in [0, 0.05) is 27.7 Å². The molecule has 2 N–H and O–H groups in total. The van der Waals surface area contributed by atoms with Crippen LogP contribution >= 0.6 is 23.4 Å². The van der Waals surface area contributed by atoms with Crippen molar-refractivity contribution in [2.45, 2.75) is 23.9 Å². The van der Waals surface area contributed by atoms with Crippen LogP contribution in [0.25, 0.3) is 0 Å². The van der Waals surface area contributed by atoms with E-state index in [4.69, 9.17) is 11.6 Å². The van der Waals surface area contributed by atoms with Gasteiger partial charge in [-0.3, -0.25) is 4.79 Å². The largest absolute Gasteiger partial charge is 0.328 e. The molecular weight excluding hydrogens is 485 g/mol. The maximum atomic E-state index is 14.2. The van der Waals surface area contributed by atoms with E-state index in [1.807, 2.05) is 67.6 Å².